The fourth-order valence-electron chi connectivity index (χ4n) is 14.6. The van der Waals surface area contributed by atoms with Gasteiger partial charge in [-0.25, -0.2) is 0 Å². The number of hydrogen-bond acceptors (Lipinski definition) is 11. The summed E-state index contributed by atoms with van der Waals surface area (Å²) in [5.74, 6) is 0.0295. The molecule has 4 N–H and O–H groups in total. The highest BCUT2D eigenvalue weighted by atomic mass is 16.8. The molecule has 4 aliphatic heterocycles. The number of rotatable bonds is 3. The van der Waals surface area contributed by atoms with E-state index in [0.29, 0.717) is 18.3 Å². The molecule has 3 spiro atoms. The van der Waals surface area contributed by atoms with Crippen LogP contribution in [-0.2, 0) is 33.2 Å². The lowest BCUT2D eigenvalue weighted by molar-refractivity contribution is -0.346. The Morgan fingerprint density at radius 2 is 1.56 bits per heavy atom. The highest BCUT2D eigenvalue weighted by Gasteiger charge is 2.87. The van der Waals surface area contributed by atoms with Crippen LogP contribution in [-0.4, -0.2) is 99.7 Å². The van der Waals surface area contributed by atoms with E-state index >= 15 is 0 Å². The molecule has 0 aromatic carbocycles. The maximum Gasteiger partial charge on any atom is 0.302 e. The van der Waals surface area contributed by atoms with Crippen molar-refractivity contribution >= 4 is 5.97 Å². The van der Waals surface area contributed by atoms with Crippen molar-refractivity contribution in [3.63, 3.8) is 0 Å². The molecule has 0 aromatic heterocycles. The summed E-state index contributed by atoms with van der Waals surface area (Å²) >= 11 is 0. The first-order valence-electron chi connectivity index (χ1n) is 18.6. The second kappa shape index (κ2) is 9.75. The van der Waals surface area contributed by atoms with Gasteiger partial charge in [0.1, 0.15) is 36.1 Å². The van der Waals surface area contributed by atoms with Crippen molar-refractivity contribution in [2.75, 3.05) is 6.61 Å². The van der Waals surface area contributed by atoms with Gasteiger partial charge >= 0.3 is 5.97 Å². The highest BCUT2D eigenvalue weighted by Crippen LogP contribution is 2.89. The number of epoxide rings is 1. The van der Waals surface area contributed by atoms with E-state index in [4.69, 9.17) is 28.4 Å². The van der Waals surface area contributed by atoms with Crippen molar-refractivity contribution in [1.82, 2.24) is 0 Å². The Bertz CT molecular complexity index is 1390. The molecule has 4 saturated heterocycles. The van der Waals surface area contributed by atoms with Gasteiger partial charge in [-0.3, -0.25) is 4.79 Å². The minimum Gasteiger partial charge on any atom is -0.462 e. The lowest BCUT2D eigenvalue weighted by atomic mass is 9.41. The Hall–Kier alpha value is -0.890. The number of hydrogen-bond donors (Lipinski definition) is 4. The maximum absolute atomic E-state index is 12.9. The van der Waals surface area contributed by atoms with Crippen LogP contribution in [0.3, 0.4) is 0 Å². The minimum absolute atomic E-state index is 0.0420. The van der Waals surface area contributed by atoms with Crippen LogP contribution in [0.5, 0.6) is 0 Å². The summed E-state index contributed by atoms with van der Waals surface area (Å²) in [7, 11) is 0. The molecule has 0 amide bonds. The van der Waals surface area contributed by atoms with Crippen molar-refractivity contribution < 1.29 is 53.6 Å². The first-order valence-corrected chi connectivity index (χ1v) is 18.6. The number of fused-ring (bicyclic) bond motifs is 6. The van der Waals surface area contributed by atoms with Gasteiger partial charge in [-0.15, -0.1) is 0 Å². The third-order valence-electron chi connectivity index (χ3n) is 16.8. The zero-order valence-corrected chi connectivity index (χ0v) is 29.5. The number of carbonyl (C=O) groups is 1. The van der Waals surface area contributed by atoms with E-state index in [0.717, 1.165) is 44.9 Å². The second-order valence-electron chi connectivity index (χ2n) is 18.9. The zero-order chi connectivity index (χ0) is 34.2. The fraction of sp³-hybridized carbons (Fsp3) is 0.973. The number of ether oxygens (including phenoxy) is 6. The Balaban J connectivity index is 1.03. The topological polar surface area (TPSA) is 157 Å². The van der Waals surface area contributed by atoms with E-state index < -0.39 is 42.3 Å². The third kappa shape index (κ3) is 3.74. The van der Waals surface area contributed by atoms with E-state index in [-0.39, 0.29) is 75.9 Å². The van der Waals surface area contributed by atoms with Gasteiger partial charge in [0.05, 0.1) is 18.8 Å². The minimum atomic E-state index is -1.31. The molecule has 5 aliphatic carbocycles. The SMILES string of the molecule is CC(=O)O[C@H]1CC23C[C@@]24CC[C@@H](O[C@@H]2OC[C@@H](O)[C@H](O)[C@H]2O)C(C)(C)C4CCC3[C@]2(C)C[C@@H]3O[C@]4(C[C@@H](C)[C@@H]3[C@@]12C)O[C@H](O)[C@@]1(C)O[C@@H]41. The zero-order valence-electron chi connectivity index (χ0n) is 29.5. The number of aliphatic hydroxyl groups excluding tert-OH is 4. The Labute approximate surface area is 283 Å². The van der Waals surface area contributed by atoms with Gasteiger partial charge in [0.25, 0.3) is 0 Å². The summed E-state index contributed by atoms with van der Waals surface area (Å²) in [6, 6.07) is 0. The van der Waals surface area contributed by atoms with Gasteiger partial charge in [-0.2, -0.15) is 0 Å². The molecule has 11 nitrogen and oxygen atoms in total. The molecule has 270 valence electrons. The van der Waals surface area contributed by atoms with Crippen LogP contribution in [0.15, 0.2) is 0 Å². The van der Waals surface area contributed by atoms with E-state index in [1.165, 1.54) is 0 Å². The van der Waals surface area contributed by atoms with Gasteiger partial charge in [0.2, 0.25) is 5.79 Å². The Morgan fingerprint density at radius 3 is 2.23 bits per heavy atom. The number of aliphatic hydroxyl groups is 4. The van der Waals surface area contributed by atoms with Gasteiger partial charge in [-0.1, -0.05) is 34.6 Å². The molecule has 0 bridgehead atoms. The summed E-state index contributed by atoms with van der Waals surface area (Å²) in [6.45, 7) is 15.1. The number of esters is 1. The molecule has 19 atom stereocenters. The standard InChI is InChI=1S/C37H56O11/c1-17-12-37(29-34(7,47-29)30(42)48-37)46-20-13-32(5)22-9-8-21-31(3,4)23(45-28-27(41)26(40)19(39)15-43-28)10-11-35(21)16-36(22,35)14-24(44-18(2)38)33(32,6)25(17)20/h17,19-30,39-42H,8-16H2,1-7H3/t17-,19-,20+,21?,22?,23-,24+,25+,26+,27-,28+,29-,30+,32+,33-,34+,35-,36?,37-/m1/s1. The summed E-state index contributed by atoms with van der Waals surface area (Å²) < 4.78 is 37.9. The van der Waals surface area contributed by atoms with Crippen LogP contribution in [0.4, 0.5) is 0 Å². The molecule has 9 aliphatic rings. The molecular weight excluding hydrogens is 620 g/mol. The summed E-state index contributed by atoms with van der Waals surface area (Å²) in [4.78, 5) is 12.9. The average molecular weight is 677 g/mol. The fourth-order valence-corrected chi connectivity index (χ4v) is 14.6. The molecule has 11 heteroatoms. The lowest BCUT2D eigenvalue weighted by Crippen LogP contribution is -2.64. The van der Waals surface area contributed by atoms with Crippen molar-refractivity contribution in [3.05, 3.63) is 0 Å². The first-order chi connectivity index (χ1) is 22.4. The van der Waals surface area contributed by atoms with Gasteiger partial charge in [0.15, 0.2) is 12.6 Å². The molecule has 9 fully saturated rings. The van der Waals surface area contributed by atoms with Crippen LogP contribution in [0, 0.1) is 50.7 Å². The second-order valence-corrected chi connectivity index (χ2v) is 18.9. The Kier molecular flexibility index (Phi) is 6.70. The normalized spacial score (nSPS) is 63.3. The monoisotopic (exact) mass is 676 g/mol. The lowest BCUT2D eigenvalue weighted by Gasteiger charge is -2.65. The highest BCUT2D eigenvalue weighted by molar-refractivity contribution is 5.66. The molecule has 48 heavy (non-hydrogen) atoms. The van der Waals surface area contributed by atoms with Crippen LogP contribution in [0.1, 0.15) is 99.8 Å². The third-order valence-corrected chi connectivity index (χ3v) is 16.8. The van der Waals surface area contributed by atoms with E-state index in [2.05, 4.69) is 34.6 Å². The molecule has 4 heterocycles. The van der Waals surface area contributed by atoms with Crippen molar-refractivity contribution in [3.8, 4) is 0 Å². The quantitative estimate of drug-likeness (QED) is 0.198. The summed E-state index contributed by atoms with van der Waals surface area (Å²) in [6.07, 6.45) is 0.880. The van der Waals surface area contributed by atoms with Gasteiger partial charge in [-0.05, 0) is 97.2 Å². The summed E-state index contributed by atoms with van der Waals surface area (Å²) in [5.41, 5.74) is -1.23. The number of carbonyl (C=O) groups excluding carboxylic acids is 1. The molecule has 9 rings (SSSR count). The smallest absolute Gasteiger partial charge is 0.302 e. The molecular formula is C37H56O11. The van der Waals surface area contributed by atoms with Gasteiger partial charge < -0.3 is 48.8 Å². The molecule has 3 unspecified atom stereocenters. The molecule has 0 aromatic rings. The Morgan fingerprint density at radius 1 is 0.833 bits per heavy atom. The van der Waals surface area contributed by atoms with E-state index in [1.807, 2.05) is 6.92 Å². The van der Waals surface area contributed by atoms with Gasteiger partial charge in [0, 0.05) is 18.8 Å². The van der Waals surface area contributed by atoms with E-state index in [1.54, 1.807) is 6.92 Å². The maximum atomic E-state index is 12.9. The van der Waals surface area contributed by atoms with Crippen molar-refractivity contribution in [2.45, 2.75) is 167 Å². The average Bonchev–Trinajstić information content (AvgIpc) is 3.84. The predicted molar refractivity (Wildman–Crippen MR) is 168 cm³/mol. The van der Waals surface area contributed by atoms with Crippen LogP contribution in [0.2, 0.25) is 0 Å². The van der Waals surface area contributed by atoms with Crippen molar-refractivity contribution in [2.24, 2.45) is 50.7 Å². The molecule has 5 saturated carbocycles. The van der Waals surface area contributed by atoms with Crippen LogP contribution >= 0.6 is 0 Å². The predicted octanol–water partition coefficient (Wildman–Crippen LogP) is 3.03. The van der Waals surface area contributed by atoms with Crippen LogP contribution < -0.4 is 0 Å². The largest absolute Gasteiger partial charge is 0.462 e. The van der Waals surface area contributed by atoms with E-state index in [9.17, 15) is 25.2 Å². The molecule has 0 radical (unpaired) electrons. The van der Waals surface area contributed by atoms with Crippen molar-refractivity contribution in [1.29, 1.82) is 0 Å². The van der Waals surface area contributed by atoms with Crippen LogP contribution in [0.25, 0.3) is 0 Å². The first kappa shape index (κ1) is 33.0. The summed E-state index contributed by atoms with van der Waals surface area (Å²) in [5, 5.41) is 41.7.